The Morgan fingerprint density at radius 1 is 1.11 bits per heavy atom. The second-order valence-corrected chi connectivity index (χ2v) is 16.3. The van der Waals surface area contributed by atoms with Crippen LogP contribution in [0.3, 0.4) is 0 Å². The fourth-order valence-corrected chi connectivity index (χ4v) is 17.5. The van der Waals surface area contributed by atoms with Gasteiger partial charge in [0.2, 0.25) is 0 Å². The molecule has 3 heterocycles. The van der Waals surface area contributed by atoms with Crippen molar-refractivity contribution >= 4 is 71.4 Å². The Balaban J connectivity index is 1.97. The summed E-state index contributed by atoms with van der Waals surface area (Å²) in [5.74, 6) is 2.16. The summed E-state index contributed by atoms with van der Waals surface area (Å²) >= 11 is 15.5. The molecule has 3 fully saturated rings. The monoisotopic (exact) mass is 356 g/mol. The molecular weight excluding hydrogens is 337 g/mol. The number of thiol groups is 1. The molecule has 18 heavy (non-hydrogen) atoms. The summed E-state index contributed by atoms with van der Waals surface area (Å²) in [6.07, 6.45) is 1.33. The van der Waals surface area contributed by atoms with Gasteiger partial charge in [-0.05, 0) is 39.9 Å². The summed E-state index contributed by atoms with van der Waals surface area (Å²) in [7, 11) is 0. The molecule has 104 valence electrons. The zero-order valence-electron chi connectivity index (χ0n) is 11.2. The highest BCUT2D eigenvalue weighted by molar-refractivity contribution is 8.37. The van der Waals surface area contributed by atoms with Crippen molar-refractivity contribution in [2.24, 2.45) is 0 Å². The second kappa shape index (κ2) is 4.55. The zero-order valence-corrected chi connectivity index (χ0v) is 16.2. The van der Waals surface area contributed by atoms with Crippen molar-refractivity contribution in [3.8, 4) is 0 Å². The minimum absolute atomic E-state index is 0.351. The molecule has 0 aromatic carbocycles. The van der Waals surface area contributed by atoms with E-state index in [9.17, 15) is 0 Å². The van der Waals surface area contributed by atoms with E-state index in [2.05, 4.69) is 99.1 Å². The van der Waals surface area contributed by atoms with Gasteiger partial charge in [-0.15, -0.1) is 58.8 Å². The van der Waals surface area contributed by atoms with Gasteiger partial charge < -0.3 is 0 Å². The van der Waals surface area contributed by atoms with Gasteiger partial charge in [-0.25, -0.2) is 0 Å². The maximum Gasteiger partial charge on any atom is 0.0750 e. The lowest BCUT2D eigenvalue weighted by Gasteiger charge is -2.55. The first kappa shape index (κ1) is 15.0. The normalized spacial score (nSPS) is 58.2. The molecule has 0 radical (unpaired) electrons. The van der Waals surface area contributed by atoms with Crippen LogP contribution in [0.1, 0.15) is 34.1 Å². The van der Waals surface area contributed by atoms with E-state index in [4.69, 9.17) is 0 Å². The minimum Gasteiger partial charge on any atom is -0.179 e. The fourth-order valence-electron chi connectivity index (χ4n) is 3.54. The molecule has 0 amide bonds. The molecule has 3 saturated heterocycles. The summed E-state index contributed by atoms with van der Waals surface area (Å²) < 4.78 is 1.58. The summed E-state index contributed by atoms with van der Waals surface area (Å²) in [5.41, 5.74) is 0. The molecule has 3 aliphatic rings. The molecular formula is C12H20S6. The minimum atomic E-state index is 0.351. The summed E-state index contributed by atoms with van der Waals surface area (Å²) in [5, 5.41) is 0.746. The largest absolute Gasteiger partial charge is 0.179 e. The van der Waals surface area contributed by atoms with Crippen molar-refractivity contribution in [1.82, 2.24) is 0 Å². The third-order valence-corrected chi connectivity index (χ3v) is 13.7. The van der Waals surface area contributed by atoms with Crippen LogP contribution in [0.2, 0.25) is 0 Å². The number of hydrogen-bond donors (Lipinski definition) is 1. The van der Waals surface area contributed by atoms with Gasteiger partial charge in [0.25, 0.3) is 0 Å². The lowest BCUT2D eigenvalue weighted by atomic mass is 10.2. The van der Waals surface area contributed by atoms with Crippen molar-refractivity contribution < 1.29 is 0 Å². The maximum atomic E-state index is 4.40. The molecule has 3 rings (SSSR count). The smallest absolute Gasteiger partial charge is 0.0750 e. The molecule has 0 N–H and O–H groups in total. The first-order chi connectivity index (χ1) is 8.23. The van der Waals surface area contributed by atoms with Crippen LogP contribution in [0, 0.1) is 0 Å². The maximum absolute atomic E-state index is 4.40. The molecule has 0 spiro atoms. The molecule has 5 atom stereocenters. The van der Waals surface area contributed by atoms with E-state index in [-0.39, 0.29) is 0 Å². The van der Waals surface area contributed by atoms with Gasteiger partial charge in [-0.2, -0.15) is 12.6 Å². The molecule has 3 aliphatic heterocycles. The van der Waals surface area contributed by atoms with E-state index in [1.54, 1.807) is 0 Å². The lowest BCUT2D eigenvalue weighted by Crippen LogP contribution is -2.51. The van der Waals surface area contributed by atoms with Crippen LogP contribution in [0.15, 0.2) is 0 Å². The first-order valence-corrected chi connectivity index (χ1v) is 11.2. The fraction of sp³-hybridized carbons (Fsp3) is 1.00. The third kappa shape index (κ3) is 2.29. The highest BCUT2D eigenvalue weighted by atomic mass is 32.3. The Morgan fingerprint density at radius 3 is 2.44 bits per heavy atom. The molecule has 0 aromatic heterocycles. The summed E-state index contributed by atoms with van der Waals surface area (Å²) in [6, 6.07) is 0. The van der Waals surface area contributed by atoms with Crippen molar-refractivity contribution in [2.45, 2.75) is 55.7 Å². The molecule has 0 nitrogen and oxygen atoms in total. The first-order valence-electron chi connectivity index (χ1n) is 6.26. The van der Waals surface area contributed by atoms with E-state index in [0.717, 1.165) is 11.0 Å². The van der Waals surface area contributed by atoms with E-state index >= 15 is 0 Å². The van der Waals surface area contributed by atoms with E-state index in [0.29, 0.717) is 16.3 Å². The molecule has 6 heteroatoms. The topological polar surface area (TPSA) is 0 Å². The van der Waals surface area contributed by atoms with Crippen LogP contribution in [0.5, 0.6) is 0 Å². The van der Waals surface area contributed by atoms with Crippen molar-refractivity contribution in [2.75, 3.05) is 11.5 Å². The Hall–Kier alpha value is 2.10. The van der Waals surface area contributed by atoms with E-state index in [1.165, 1.54) is 12.2 Å². The Morgan fingerprint density at radius 2 is 1.78 bits per heavy atom. The highest BCUT2D eigenvalue weighted by Crippen LogP contribution is 2.81. The summed E-state index contributed by atoms with van der Waals surface area (Å²) in [6.45, 7) is 9.91. The van der Waals surface area contributed by atoms with E-state index in [1.807, 2.05) is 0 Å². The average Bonchev–Trinajstić information content (AvgIpc) is 2.35. The number of rotatable bonds is 3. The number of hydrogen-bond acceptors (Lipinski definition) is 6. The van der Waals surface area contributed by atoms with Gasteiger partial charge >= 0.3 is 0 Å². The predicted molar refractivity (Wildman–Crippen MR) is 98.7 cm³/mol. The van der Waals surface area contributed by atoms with Gasteiger partial charge in [0.05, 0.1) is 21.6 Å². The van der Waals surface area contributed by atoms with Crippen LogP contribution < -0.4 is 0 Å². The van der Waals surface area contributed by atoms with Crippen molar-refractivity contribution in [3.05, 3.63) is 0 Å². The predicted octanol–water partition coefficient (Wildman–Crippen LogP) is 5.25. The van der Waals surface area contributed by atoms with Gasteiger partial charge in [0.15, 0.2) is 0 Å². The third-order valence-electron chi connectivity index (χ3n) is 3.70. The van der Waals surface area contributed by atoms with Gasteiger partial charge in [-0.3, -0.25) is 0 Å². The van der Waals surface area contributed by atoms with E-state index < -0.39 is 0 Å². The Bertz CT molecular complexity index is 372. The molecule has 5 unspecified atom stereocenters. The van der Waals surface area contributed by atoms with Gasteiger partial charge in [-0.1, -0.05) is 0 Å². The van der Waals surface area contributed by atoms with Crippen LogP contribution in [-0.2, 0) is 0 Å². The molecule has 0 saturated carbocycles. The highest BCUT2D eigenvalue weighted by Gasteiger charge is 2.70. The Labute approximate surface area is 138 Å². The van der Waals surface area contributed by atoms with Crippen LogP contribution >= 0.6 is 71.4 Å². The lowest BCUT2D eigenvalue weighted by molar-refractivity contribution is 0.672. The zero-order chi connectivity index (χ0) is 13.2. The standard InChI is InChI=1S/C12H20S6/c1-9-7-10(2)17-11(3,14-6-5-13)8(15-9)12(4,16-9)18-10/h8,13H,5-7H2,1-4H3. The van der Waals surface area contributed by atoms with Crippen LogP contribution in [0.25, 0.3) is 0 Å². The summed E-state index contributed by atoms with van der Waals surface area (Å²) in [4.78, 5) is 0. The number of thioether (sulfide) groups is 5. The van der Waals surface area contributed by atoms with Gasteiger partial charge in [0, 0.05) is 5.75 Å². The van der Waals surface area contributed by atoms with Crippen molar-refractivity contribution in [1.29, 1.82) is 0 Å². The SMILES string of the molecule is CC12CC3(C)SC(C)(SCCS)C(S1)C(C)(S2)S3. The second-order valence-electron chi connectivity index (χ2n) is 5.85. The van der Waals surface area contributed by atoms with Crippen molar-refractivity contribution in [3.63, 3.8) is 0 Å². The van der Waals surface area contributed by atoms with Crippen LogP contribution in [0.4, 0.5) is 0 Å². The quantitative estimate of drug-likeness (QED) is 0.684. The van der Waals surface area contributed by atoms with Crippen LogP contribution in [-0.4, -0.2) is 33.1 Å². The molecule has 0 aliphatic carbocycles. The van der Waals surface area contributed by atoms with Gasteiger partial charge in [0.1, 0.15) is 0 Å². The molecule has 0 aromatic rings. The molecule has 3 bridgehead atoms. The average molecular weight is 357 g/mol. The number of fused-ring (bicyclic) bond motifs is 2. The Kier molecular flexibility index (Phi) is 3.79.